The quantitative estimate of drug-likeness (QED) is 0.618. The summed E-state index contributed by atoms with van der Waals surface area (Å²) in [6.07, 6.45) is 0.959. The van der Waals surface area contributed by atoms with Gasteiger partial charge in [-0.05, 0) is 12.1 Å². The van der Waals surface area contributed by atoms with Crippen molar-refractivity contribution in [1.82, 2.24) is 0 Å². The van der Waals surface area contributed by atoms with Crippen LogP contribution in [0.1, 0.15) is 10.4 Å². The summed E-state index contributed by atoms with van der Waals surface area (Å²) >= 11 is 0. The van der Waals surface area contributed by atoms with Crippen molar-refractivity contribution in [3.8, 4) is 5.75 Å². The van der Waals surface area contributed by atoms with Gasteiger partial charge in [0.25, 0.3) is 0 Å². The van der Waals surface area contributed by atoms with Crippen molar-refractivity contribution in [2.45, 2.75) is 0 Å². The Labute approximate surface area is 94.4 Å². The maximum atomic E-state index is 11.3. The first-order valence-corrected chi connectivity index (χ1v) is 5.04. The molecule has 2 radical (unpaired) electrons. The highest BCUT2D eigenvalue weighted by Crippen LogP contribution is 2.16. The molecular formula is C10H8O5Si. The first kappa shape index (κ1) is 12.0. The number of phenols is 1. The van der Waals surface area contributed by atoms with Gasteiger partial charge in [0.05, 0.1) is 0 Å². The Bertz CT molecular complexity index is 415. The zero-order valence-corrected chi connectivity index (χ0v) is 9.17. The molecule has 0 amide bonds. The fourth-order valence-electron chi connectivity index (χ4n) is 0.843. The highest BCUT2D eigenvalue weighted by atomic mass is 28.3. The maximum Gasteiger partial charge on any atom is 0.614 e. The fourth-order valence-corrected chi connectivity index (χ4v) is 1.24. The van der Waals surface area contributed by atoms with Gasteiger partial charge in [0.15, 0.2) is 0 Å². The molecule has 0 atom stereocenters. The molecule has 16 heavy (non-hydrogen) atoms. The van der Waals surface area contributed by atoms with Crippen LogP contribution in [0.2, 0.25) is 0 Å². The van der Waals surface area contributed by atoms with Gasteiger partial charge in [0.2, 0.25) is 0 Å². The second-order valence-electron chi connectivity index (χ2n) is 2.62. The van der Waals surface area contributed by atoms with Crippen LogP contribution in [0.25, 0.3) is 0 Å². The summed E-state index contributed by atoms with van der Waals surface area (Å²) in [5.41, 5.74) is 0.0182. The number of rotatable bonds is 4. The van der Waals surface area contributed by atoms with E-state index >= 15 is 0 Å². The van der Waals surface area contributed by atoms with E-state index in [1.165, 1.54) is 12.1 Å². The van der Waals surface area contributed by atoms with E-state index in [9.17, 15) is 14.7 Å². The number of carbonyl (C=O) groups is 2. The summed E-state index contributed by atoms with van der Waals surface area (Å²) in [7, 11) is -0.760. The molecule has 1 N–H and O–H groups in total. The van der Waals surface area contributed by atoms with Crippen molar-refractivity contribution < 1.29 is 23.5 Å². The molecule has 6 heteroatoms. The predicted octanol–water partition coefficient (Wildman–Crippen LogP) is 0.812. The third kappa shape index (κ3) is 3.25. The molecule has 0 spiro atoms. The Morgan fingerprint density at radius 3 is 2.62 bits per heavy atom. The molecule has 0 aliphatic rings. The fraction of sp³-hybridized carbons (Fsp3) is 0. The van der Waals surface area contributed by atoms with Crippen molar-refractivity contribution in [2.24, 2.45) is 0 Å². The van der Waals surface area contributed by atoms with E-state index in [4.69, 9.17) is 0 Å². The Morgan fingerprint density at radius 2 is 2.00 bits per heavy atom. The molecular weight excluding hydrogens is 228 g/mol. The number of hydrogen-bond acceptors (Lipinski definition) is 5. The van der Waals surface area contributed by atoms with Crippen LogP contribution in [-0.4, -0.2) is 27.1 Å². The van der Waals surface area contributed by atoms with Crippen molar-refractivity contribution in [1.29, 1.82) is 0 Å². The first-order chi connectivity index (χ1) is 7.65. The number of carbonyl (C=O) groups excluding carboxylic acids is 2. The SMILES string of the molecule is C=CC(=O)O[Si]OC(=O)c1ccccc1O. The minimum Gasteiger partial charge on any atom is -0.507 e. The summed E-state index contributed by atoms with van der Waals surface area (Å²) in [4.78, 5) is 22.0. The van der Waals surface area contributed by atoms with Gasteiger partial charge in [-0.25, -0.2) is 9.59 Å². The van der Waals surface area contributed by atoms with E-state index < -0.39 is 21.9 Å². The van der Waals surface area contributed by atoms with Crippen LogP contribution < -0.4 is 0 Å². The van der Waals surface area contributed by atoms with E-state index in [2.05, 4.69) is 15.4 Å². The molecule has 0 saturated carbocycles. The molecule has 5 nitrogen and oxygen atoms in total. The number of benzene rings is 1. The van der Waals surface area contributed by atoms with E-state index in [0.717, 1.165) is 6.08 Å². The summed E-state index contributed by atoms with van der Waals surface area (Å²) < 4.78 is 9.09. The second-order valence-corrected chi connectivity index (χ2v) is 3.19. The van der Waals surface area contributed by atoms with Crippen LogP contribution >= 0.6 is 0 Å². The van der Waals surface area contributed by atoms with Crippen LogP contribution in [0, 0.1) is 0 Å². The second kappa shape index (κ2) is 5.71. The van der Waals surface area contributed by atoms with Crippen molar-refractivity contribution >= 4 is 21.9 Å². The predicted molar refractivity (Wildman–Crippen MR) is 55.6 cm³/mol. The average Bonchev–Trinajstić information content (AvgIpc) is 2.29. The van der Waals surface area contributed by atoms with Crippen LogP contribution in [0.3, 0.4) is 0 Å². The molecule has 0 aliphatic heterocycles. The van der Waals surface area contributed by atoms with Gasteiger partial charge in [-0.3, -0.25) is 0 Å². The number of hydrogen-bond donors (Lipinski definition) is 1. The van der Waals surface area contributed by atoms with Gasteiger partial charge >= 0.3 is 21.9 Å². The lowest BCUT2D eigenvalue weighted by atomic mass is 10.2. The molecule has 82 valence electrons. The van der Waals surface area contributed by atoms with E-state index in [0.29, 0.717) is 0 Å². The lowest BCUT2D eigenvalue weighted by molar-refractivity contribution is -0.129. The molecule has 0 unspecified atom stereocenters. The molecule has 1 aromatic rings. The van der Waals surface area contributed by atoms with Gasteiger partial charge < -0.3 is 14.0 Å². The number of phenolic OH excluding ortho intramolecular Hbond substituents is 1. The number of para-hydroxylation sites is 1. The molecule has 0 saturated heterocycles. The Balaban J connectivity index is 2.50. The average molecular weight is 236 g/mol. The molecule has 0 aromatic heterocycles. The molecule has 1 rings (SSSR count). The largest absolute Gasteiger partial charge is 0.614 e. The molecule has 0 fully saturated rings. The van der Waals surface area contributed by atoms with Crippen molar-refractivity contribution in [2.75, 3.05) is 0 Å². The maximum absolute atomic E-state index is 11.3. The summed E-state index contributed by atoms with van der Waals surface area (Å²) in [6.45, 7) is 3.18. The summed E-state index contributed by atoms with van der Waals surface area (Å²) in [5, 5.41) is 9.31. The highest BCUT2D eigenvalue weighted by Gasteiger charge is 2.13. The molecule has 1 aromatic carbocycles. The van der Waals surface area contributed by atoms with Gasteiger partial charge in [-0.1, -0.05) is 18.7 Å². The highest BCUT2D eigenvalue weighted by molar-refractivity contribution is 6.27. The Hall–Kier alpha value is -2.08. The molecule has 0 heterocycles. The standard InChI is InChI=1S/C10H8O5Si/c1-2-9(12)14-16-15-10(13)7-5-3-4-6-8(7)11/h2-6,11H,1H2. The van der Waals surface area contributed by atoms with Crippen LogP contribution in [0.4, 0.5) is 0 Å². The van der Waals surface area contributed by atoms with E-state index in [-0.39, 0.29) is 11.3 Å². The van der Waals surface area contributed by atoms with Gasteiger partial charge in [0, 0.05) is 6.08 Å². The minimum atomic E-state index is -0.760. The summed E-state index contributed by atoms with van der Waals surface area (Å²) in [5.74, 6) is -1.62. The molecule has 0 bridgehead atoms. The van der Waals surface area contributed by atoms with Crippen LogP contribution in [0.5, 0.6) is 5.75 Å². The zero-order valence-electron chi connectivity index (χ0n) is 8.17. The topological polar surface area (TPSA) is 72.8 Å². The zero-order chi connectivity index (χ0) is 12.0. The summed E-state index contributed by atoms with van der Waals surface area (Å²) in [6, 6.07) is 5.91. The van der Waals surface area contributed by atoms with Crippen LogP contribution in [0.15, 0.2) is 36.9 Å². The smallest absolute Gasteiger partial charge is 0.507 e. The Kier molecular flexibility index (Phi) is 4.28. The molecule has 0 aliphatic carbocycles. The lowest BCUT2D eigenvalue weighted by Gasteiger charge is -2.03. The van der Waals surface area contributed by atoms with E-state index in [1.807, 2.05) is 0 Å². The number of aromatic hydroxyl groups is 1. The first-order valence-electron chi connectivity index (χ1n) is 4.22. The van der Waals surface area contributed by atoms with Crippen LogP contribution in [-0.2, 0) is 13.6 Å². The van der Waals surface area contributed by atoms with Gasteiger partial charge in [0.1, 0.15) is 11.3 Å². The van der Waals surface area contributed by atoms with E-state index in [1.54, 1.807) is 12.1 Å². The normalized spacial score (nSPS) is 9.25. The van der Waals surface area contributed by atoms with Crippen molar-refractivity contribution in [3.05, 3.63) is 42.5 Å². The van der Waals surface area contributed by atoms with Gasteiger partial charge in [-0.2, -0.15) is 0 Å². The monoisotopic (exact) mass is 236 g/mol. The Morgan fingerprint density at radius 1 is 1.31 bits per heavy atom. The van der Waals surface area contributed by atoms with Crippen molar-refractivity contribution in [3.63, 3.8) is 0 Å². The third-order valence-corrected chi connectivity index (χ3v) is 2.12. The lowest BCUT2D eigenvalue weighted by Crippen LogP contribution is -2.14. The van der Waals surface area contributed by atoms with Gasteiger partial charge in [-0.15, -0.1) is 0 Å². The minimum absolute atomic E-state index is 0.0182. The third-order valence-electron chi connectivity index (χ3n) is 1.57.